The Morgan fingerprint density at radius 1 is 0.966 bits per heavy atom. The molecule has 7 nitrogen and oxygen atoms in total. The fourth-order valence-corrected chi connectivity index (χ4v) is 4.53. The molecule has 0 spiro atoms. The second-order valence-electron chi connectivity index (χ2n) is 7.96. The zero-order valence-electron chi connectivity index (χ0n) is 16.4. The fraction of sp³-hybridized carbons (Fsp3) is 0.571. The molecular formula is C21H26FN3O4. The maximum Gasteiger partial charge on any atom is 0.410 e. The molecule has 29 heavy (non-hydrogen) atoms. The largest absolute Gasteiger partial charge is 0.448 e. The van der Waals surface area contributed by atoms with Crippen molar-refractivity contribution < 1.29 is 23.5 Å². The highest BCUT2D eigenvalue weighted by Gasteiger charge is 2.36. The Morgan fingerprint density at radius 2 is 1.69 bits per heavy atom. The average molecular weight is 403 g/mol. The lowest BCUT2D eigenvalue weighted by atomic mass is 9.94. The SMILES string of the molecule is O=C(c1ccc(F)cc1)N1CCCC(C(=O)N2CCC(N3CCOC3=O)CC2)C1. The molecule has 0 aromatic heterocycles. The van der Waals surface area contributed by atoms with Gasteiger partial charge in [-0.25, -0.2) is 9.18 Å². The van der Waals surface area contributed by atoms with E-state index in [1.807, 2.05) is 4.90 Å². The second kappa shape index (κ2) is 8.39. The zero-order chi connectivity index (χ0) is 20.4. The van der Waals surface area contributed by atoms with E-state index in [4.69, 9.17) is 4.74 Å². The van der Waals surface area contributed by atoms with Crippen molar-refractivity contribution in [3.05, 3.63) is 35.6 Å². The molecule has 0 bridgehead atoms. The molecule has 0 N–H and O–H groups in total. The van der Waals surface area contributed by atoms with Crippen LogP contribution in [0.4, 0.5) is 9.18 Å². The summed E-state index contributed by atoms with van der Waals surface area (Å²) in [6.45, 7) is 3.32. The first-order valence-electron chi connectivity index (χ1n) is 10.3. The number of hydrogen-bond acceptors (Lipinski definition) is 4. The van der Waals surface area contributed by atoms with Gasteiger partial charge in [0.25, 0.3) is 5.91 Å². The number of piperidine rings is 2. The minimum absolute atomic E-state index is 0.0871. The molecule has 3 amide bonds. The monoisotopic (exact) mass is 403 g/mol. The van der Waals surface area contributed by atoms with E-state index < -0.39 is 0 Å². The van der Waals surface area contributed by atoms with Crippen LogP contribution in [0.5, 0.6) is 0 Å². The molecule has 1 unspecified atom stereocenters. The van der Waals surface area contributed by atoms with Gasteiger partial charge in [0.2, 0.25) is 5.91 Å². The Hall–Kier alpha value is -2.64. The highest BCUT2D eigenvalue weighted by molar-refractivity contribution is 5.94. The van der Waals surface area contributed by atoms with E-state index in [0.29, 0.717) is 44.9 Å². The molecule has 0 saturated carbocycles. The summed E-state index contributed by atoms with van der Waals surface area (Å²) in [6.07, 6.45) is 2.80. The van der Waals surface area contributed by atoms with Crippen LogP contribution >= 0.6 is 0 Å². The van der Waals surface area contributed by atoms with Crippen LogP contribution in [0.15, 0.2) is 24.3 Å². The van der Waals surface area contributed by atoms with E-state index >= 15 is 0 Å². The average Bonchev–Trinajstić information content (AvgIpc) is 3.19. The predicted octanol–water partition coefficient (Wildman–Crippen LogP) is 2.12. The molecule has 0 aliphatic carbocycles. The lowest BCUT2D eigenvalue weighted by Crippen LogP contribution is -2.51. The number of halogens is 1. The maximum absolute atomic E-state index is 13.1. The Labute approximate surface area is 169 Å². The smallest absolute Gasteiger partial charge is 0.410 e. The molecule has 8 heteroatoms. The van der Waals surface area contributed by atoms with E-state index in [1.54, 1.807) is 9.80 Å². The number of likely N-dealkylation sites (tertiary alicyclic amines) is 2. The number of hydrogen-bond donors (Lipinski definition) is 0. The first-order chi connectivity index (χ1) is 14.0. The summed E-state index contributed by atoms with van der Waals surface area (Å²) in [7, 11) is 0. The Morgan fingerprint density at radius 3 is 2.34 bits per heavy atom. The summed E-state index contributed by atoms with van der Waals surface area (Å²) in [5.74, 6) is -0.655. The summed E-state index contributed by atoms with van der Waals surface area (Å²) in [5.41, 5.74) is 0.442. The Kier molecular flexibility index (Phi) is 5.69. The Bertz CT molecular complexity index is 777. The van der Waals surface area contributed by atoms with Crippen molar-refractivity contribution in [3.8, 4) is 0 Å². The van der Waals surface area contributed by atoms with Gasteiger partial charge in [-0.05, 0) is 49.9 Å². The van der Waals surface area contributed by atoms with Gasteiger partial charge < -0.3 is 19.4 Å². The highest BCUT2D eigenvalue weighted by atomic mass is 19.1. The van der Waals surface area contributed by atoms with Crippen LogP contribution in [0.3, 0.4) is 0 Å². The van der Waals surface area contributed by atoms with Crippen LogP contribution in [-0.4, -0.2) is 78.0 Å². The molecule has 0 radical (unpaired) electrons. The van der Waals surface area contributed by atoms with Crippen LogP contribution in [0.25, 0.3) is 0 Å². The summed E-state index contributed by atoms with van der Waals surface area (Å²) in [5, 5.41) is 0. The lowest BCUT2D eigenvalue weighted by molar-refractivity contribution is -0.138. The van der Waals surface area contributed by atoms with E-state index in [2.05, 4.69) is 0 Å². The third-order valence-electron chi connectivity index (χ3n) is 6.16. The maximum atomic E-state index is 13.1. The molecular weight excluding hydrogens is 377 g/mol. The summed E-state index contributed by atoms with van der Waals surface area (Å²) in [4.78, 5) is 42.8. The summed E-state index contributed by atoms with van der Waals surface area (Å²) < 4.78 is 18.1. The molecule has 3 aliphatic heterocycles. The molecule has 3 saturated heterocycles. The second-order valence-corrected chi connectivity index (χ2v) is 7.96. The predicted molar refractivity (Wildman–Crippen MR) is 103 cm³/mol. The van der Waals surface area contributed by atoms with Crippen molar-refractivity contribution >= 4 is 17.9 Å². The van der Waals surface area contributed by atoms with Gasteiger partial charge in [-0.3, -0.25) is 9.59 Å². The fourth-order valence-electron chi connectivity index (χ4n) is 4.53. The normalized spacial score (nSPS) is 23.3. The summed E-state index contributed by atoms with van der Waals surface area (Å²) in [6, 6.07) is 5.66. The quantitative estimate of drug-likeness (QED) is 0.775. The highest BCUT2D eigenvalue weighted by Crippen LogP contribution is 2.25. The van der Waals surface area contributed by atoms with Crippen molar-refractivity contribution in [2.45, 2.75) is 31.7 Å². The summed E-state index contributed by atoms with van der Waals surface area (Å²) >= 11 is 0. The standard InChI is InChI=1S/C21H26FN3O4/c22-17-5-3-15(4-6-17)19(26)24-9-1-2-16(14-24)20(27)23-10-7-18(8-11-23)25-12-13-29-21(25)28/h3-6,16,18H,1-2,7-14H2. The van der Waals surface area contributed by atoms with Crippen molar-refractivity contribution in [3.63, 3.8) is 0 Å². The van der Waals surface area contributed by atoms with E-state index in [-0.39, 0.29) is 35.7 Å². The van der Waals surface area contributed by atoms with Crippen molar-refractivity contribution in [1.82, 2.24) is 14.7 Å². The topological polar surface area (TPSA) is 70.2 Å². The third-order valence-corrected chi connectivity index (χ3v) is 6.16. The van der Waals surface area contributed by atoms with Crippen LogP contribution in [0.2, 0.25) is 0 Å². The number of amides is 3. The minimum Gasteiger partial charge on any atom is -0.448 e. The number of carbonyl (C=O) groups is 3. The van der Waals surface area contributed by atoms with Gasteiger partial charge in [-0.1, -0.05) is 0 Å². The molecule has 3 aliphatic rings. The molecule has 3 heterocycles. The van der Waals surface area contributed by atoms with Crippen LogP contribution in [-0.2, 0) is 9.53 Å². The van der Waals surface area contributed by atoms with Crippen LogP contribution < -0.4 is 0 Å². The van der Waals surface area contributed by atoms with Gasteiger partial charge in [0, 0.05) is 37.8 Å². The molecule has 156 valence electrons. The zero-order valence-corrected chi connectivity index (χ0v) is 16.4. The van der Waals surface area contributed by atoms with E-state index in [9.17, 15) is 18.8 Å². The number of nitrogens with zero attached hydrogens (tertiary/aromatic N) is 3. The number of benzene rings is 1. The van der Waals surface area contributed by atoms with Crippen molar-refractivity contribution in [2.75, 3.05) is 39.3 Å². The van der Waals surface area contributed by atoms with Gasteiger partial charge in [0.05, 0.1) is 12.5 Å². The first kappa shape index (κ1) is 19.7. The van der Waals surface area contributed by atoms with Gasteiger partial charge in [-0.2, -0.15) is 0 Å². The number of carbonyl (C=O) groups excluding carboxylic acids is 3. The van der Waals surface area contributed by atoms with Gasteiger partial charge in [0.1, 0.15) is 12.4 Å². The van der Waals surface area contributed by atoms with Crippen molar-refractivity contribution in [1.29, 1.82) is 0 Å². The molecule has 1 aromatic rings. The third kappa shape index (κ3) is 4.21. The minimum atomic E-state index is -0.376. The molecule has 1 aromatic carbocycles. The van der Waals surface area contributed by atoms with Gasteiger partial charge in [-0.15, -0.1) is 0 Å². The lowest BCUT2D eigenvalue weighted by Gasteiger charge is -2.39. The van der Waals surface area contributed by atoms with E-state index in [0.717, 1.165) is 25.7 Å². The number of ether oxygens (including phenoxy) is 1. The molecule has 4 rings (SSSR count). The van der Waals surface area contributed by atoms with Crippen molar-refractivity contribution in [2.24, 2.45) is 5.92 Å². The van der Waals surface area contributed by atoms with Gasteiger partial charge in [0.15, 0.2) is 0 Å². The molecule has 1 atom stereocenters. The first-order valence-corrected chi connectivity index (χ1v) is 10.3. The van der Waals surface area contributed by atoms with Gasteiger partial charge >= 0.3 is 6.09 Å². The Balaban J connectivity index is 1.32. The number of cyclic esters (lactones) is 1. The van der Waals surface area contributed by atoms with E-state index in [1.165, 1.54) is 24.3 Å². The van der Waals surface area contributed by atoms with Crippen LogP contribution in [0, 0.1) is 11.7 Å². The molecule has 3 fully saturated rings. The van der Waals surface area contributed by atoms with Crippen LogP contribution in [0.1, 0.15) is 36.0 Å². The number of rotatable bonds is 3.